The summed E-state index contributed by atoms with van der Waals surface area (Å²) in [5.74, 6) is -1.57. The van der Waals surface area contributed by atoms with Crippen molar-refractivity contribution in [2.24, 2.45) is 0 Å². The predicted molar refractivity (Wildman–Crippen MR) is 54.7 cm³/mol. The summed E-state index contributed by atoms with van der Waals surface area (Å²) < 4.78 is 25.6. The van der Waals surface area contributed by atoms with E-state index in [1.54, 1.807) is 0 Å². The molecule has 1 aliphatic heterocycles. The summed E-state index contributed by atoms with van der Waals surface area (Å²) in [4.78, 5) is 20.1. The first kappa shape index (κ1) is 14.6. The van der Waals surface area contributed by atoms with E-state index in [0.29, 0.717) is 13.0 Å². The summed E-state index contributed by atoms with van der Waals surface area (Å²) in [5.41, 5.74) is -0.896. The molecule has 0 saturated carbocycles. The van der Waals surface area contributed by atoms with Crippen LogP contribution >= 0.6 is 7.68 Å². The molecule has 0 radical (unpaired) electrons. The summed E-state index contributed by atoms with van der Waals surface area (Å²) in [6.07, 6.45) is 2.77. The molecule has 0 aromatic rings. The molecule has 16 heavy (non-hydrogen) atoms. The van der Waals surface area contributed by atoms with Gasteiger partial charge in [-0.25, -0.2) is 13.9 Å². The SMILES string of the molecule is C=CC(=O)O.O=C1OCCCCC1P(=O)=O. The third kappa shape index (κ3) is 6.14. The van der Waals surface area contributed by atoms with Crippen LogP contribution in [0, 0.1) is 0 Å². The Kier molecular flexibility index (Phi) is 7.12. The first-order valence-electron chi connectivity index (χ1n) is 4.64. The number of esters is 1. The fraction of sp³-hybridized carbons (Fsp3) is 0.556. The minimum Gasteiger partial charge on any atom is -0.478 e. The number of rotatable bonds is 2. The van der Waals surface area contributed by atoms with Gasteiger partial charge in [0.25, 0.3) is 0 Å². The second-order valence-corrected chi connectivity index (χ2v) is 4.20. The van der Waals surface area contributed by atoms with E-state index in [1.807, 2.05) is 0 Å². The third-order valence-corrected chi connectivity index (χ3v) is 2.80. The van der Waals surface area contributed by atoms with Crippen LogP contribution in [0.5, 0.6) is 0 Å². The van der Waals surface area contributed by atoms with Crippen LogP contribution < -0.4 is 0 Å². The predicted octanol–water partition coefficient (Wildman–Crippen LogP) is 1.51. The molecule has 6 nitrogen and oxygen atoms in total. The molecule has 1 heterocycles. The highest BCUT2D eigenvalue weighted by Gasteiger charge is 2.27. The van der Waals surface area contributed by atoms with E-state index in [9.17, 15) is 18.7 Å². The highest BCUT2D eigenvalue weighted by atomic mass is 31.1. The highest BCUT2D eigenvalue weighted by molar-refractivity contribution is 7.33. The van der Waals surface area contributed by atoms with E-state index >= 15 is 0 Å². The molecule has 1 atom stereocenters. The Bertz CT molecular complexity index is 325. The van der Waals surface area contributed by atoms with Crippen molar-refractivity contribution in [3.8, 4) is 0 Å². The molecule has 1 fully saturated rings. The van der Waals surface area contributed by atoms with Crippen molar-refractivity contribution in [2.45, 2.75) is 24.9 Å². The summed E-state index contributed by atoms with van der Waals surface area (Å²) in [6, 6.07) is 0. The lowest BCUT2D eigenvalue weighted by atomic mass is 10.2. The minimum atomic E-state index is -2.65. The molecule has 1 unspecified atom stereocenters. The fourth-order valence-corrected chi connectivity index (χ4v) is 1.66. The summed E-state index contributed by atoms with van der Waals surface area (Å²) in [5, 5.41) is 7.60. The van der Waals surface area contributed by atoms with Gasteiger partial charge in [-0.3, -0.25) is 4.79 Å². The lowest BCUT2D eigenvalue weighted by Gasteiger charge is -2.00. The number of carboxylic acids is 1. The monoisotopic (exact) mass is 248 g/mol. The number of carbonyl (C=O) groups excluding carboxylic acids is 1. The number of carbonyl (C=O) groups is 2. The number of aliphatic carboxylic acids is 1. The molecule has 0 amide bonds. The Morgan fingerprint density at radius 1 is 1.50 bits per heavy atom. The van der Waals surface area contributed by atoms with Gasteiger partial charge in [0.05, 0.1) is 6.61 Å². The van der Waals surface area contributed by atoms with Crippen LogP contribution in [0.25, 0.3) is 0 Å². The van der Waals surface area contributed by atoms with Gasteiger partial charge in [0.1, 0.15) is 0 Å². The molecule has 1 saturated heterocycles. The highest BCUT2D eigenvalue weighted by Crippen LogP contribution is 2.24. The molecule has 1 rings (SSSR count). The van der Waals surface area contributed by atoms with Gasteiger partial charge in [0.2, 0.25) is 0 Å². The van der Waals surface area contributed by atoms with E-state index < -0.39 is 25.3 Å². The van der Waals surface area contributed by atoms with Gasteiger partial charge in [-0.15, -0.1) is 0 Å². The normalized spacial score (nSPS) is 19.5. The zero-order chi connectivity index (χ0) is 12.6. The standard InChI is InChI=1S/C6H9O4P.C3H4O2/c7-6-5(11(8)9)3-1-2-4-10-6;1-2-3(4)5/h5H,1-4H2;2H,1H2,(H,4,5). The van der Waals surface area contributed by atoms with Crippen molar-refractivity contribution < 1.29 is 28.6 Å². The molecule has 1 N–H and O–H groups in total. The smallest absolute Gasteiger partial charge is 0.330 e. The van der Waals surface area contributed by atoms with Crippen LogP contribution in [0.3, 0.4) is 0 Å². The summed E-state index contributed by atoms with van der Waals surface area (Å²) in [6.45, 7) is 3.32. The van der Waals surface area contributed by atoms with Gasteiger partial charge in [-0.05, 0) is 19.3 Å². The molecule has 90 valence electrons. The van der Waals surface area contributed by atoms with Crippen LogP contribution in [0.4, 0.5) is 0 Å². The maximum atomic E-state index is 10.8. The van der Waals surface area contributed by atoms with E-state index in [-0.39, 0.29) is 0 Å². The second kappa shape index (κ2) is 7.82. The van der Waals surface area contributed by atoms with Crippen LogP contribution in [0.2, 0.25) is 0 Å². The van der Waals surface area contributed by atoms with Crippen molar-refractivity contribution in [1.29, 1.82) is 0 Å². The summed E-state index contributed by atoms with van der Waals surface area (Å²) in [7, 11) is -2.65. The van der Waals surface area contributed by atoms with E-state index in [0.717, 1.165) is 18.9 Å². The van der Waals surface area contributed by atoms with E-state index in [4.69, 9.17) is 5.11 Å². The average molecular weight is 248 g/mol. The Labute approximate surface area is 93.1 Å². The van der Waals surface area contributed by atoms with E-state index in [1.165, 1.54) is 0 Å². The van der Waals surface area contributed by atoms with Crippen molar-refractivity contribution >= 4 is 19.6 Å². The zero-order valence-corrected chi connectivity index (χ0v) is 9.52. The van der Waals surface area contributed by atoms with Crippen molar-refractivity contribution in [2.75, 3.05) is 6.61 Å². The molecule has 0 bridgehead atoms. The average Bonchev–Trinajstić information content (AvgIpc) is 2.43. The van der Waals surface area contributed by atoms with Crippen LogP contribution in [-0.4, -0.2) is 29.3 Å². The fourth-order valence-electron chi connectivity index (χ4n) is 1.02. The molecular weight excluding hydrogens is 235 g/mol. The zero-order valence-electron chi connectivity index (χ0n) is 8.63. The van der Waals surface area contributed by atoms with Gasteiger partial charge >= 0.3 is 19.6 Å². The number of carboxylic acid groups (broad SMARTS) is 1. The maximum absolute atomic E-state index is 10.8. The Hall–Kier alpha value is -1.42. The molecule has 1 aliphatic rings. The van der Waals surface area contributed by atoms with Gasteiger partial charge < -0.3 is 9.84 Å². The van der Waals surface area contributed by atoms with Crippen molar-refractivity contribution in [1.82, 2.24) is 0 Å². The third-order valence-electron chi connectivity index (χ3n) is 1.82. The first-order chi connectivity index (χ1) is 7.49. The second-order valence-electron chi connectivity index (χ2n) is 3.01. The lowest BCUT2D eigenvalue weighted by Crippen LogP contribution is -2.15. The van der Waals surface area contributed by atoms with Crippen molar-refractivity contribution in [3.05, 3.63) is 12.7 Å². The van der Waals surface area contributed by atoms with Gasteiger partial charge in [0, 0.05) is 6.08 Å². The molecule has 0 spiro atoms. The Morgan fingerprint density at radius 2 is 2.06 bits per heavy atom. The molecule has 7 heteroatoms. The minimum absolute atomic E-state index is 0.360. The van der Waals surface area contributed by atoms with Crippen LogP contribution in [0.1, 0.15) is 19.3 Å². The quantitative estimate of drug-likeness (QED) is 0.452. The van der Waals surface area contributed by atoms with Crippen LogP contribution in [0.15, 0.2) is 12.7 Å². The lowest BCUT2D eigenvalue weighted by molar-refractivity contribution is -0.142. The summed E-state index contributed by atoms with van der Waals surface area (Å²) >= 11 is 0. The molecule has 0 aromatic carbocycles. The molecule has 0 aromatic heterocycles. The van der Waals surface area contributed by atoms with Crippen molar-refractivity contribution in [3.63, 3.8) is 0 Å². The maximum Gasteiger partial charge on any atom is 0.330 e. The molecular formula is C9H13O6P. The van der Waals surface area contributed by atoms with Gasteiger partial charge in [-0.1, -0.05) is 6.58 Å². The Balaban J connectivity index is 0.000000385. The van der Waals surface area contributed by atoms with Gasteiger partial charge in [-0.2, -0.15) is 0 Å². The number of cyclic esters (lactones) is 1. The molecule has 0 aliphatic carbocycles. The Morgan fingerprint density at radius 3 is 2.50 bits per heavy atom. The largest absolute Gasteiger partial charge is 0.478 e. The van der Waals surface area contributed by atoms with Crippen LogP contribution in [-0.2, 0) is 23.5 Å². The first-order valence-corrected chi connectivity index (χ1v) is 5.89. The number of ether oxygens (including phenoxy) is 1. The number of hydrogen-bond acceptors (Lipinski definition) is 5. The van der Waals surface area contributed by atoms with Gasteiger partial charge in [0.15, 0.2) is 5.66 Å². The van der Waals surface area contributed by atoms with E-state index in [2.05, 4.69) is 11.3 Å². The number of hydrogen-bond donors (Lipinski definition) is 1. The topological polar surface area (TPSA) is 97.7 Å².